The Balaban J connectivity index is 3.11. The number of rotatable bonds is 5. The smallest absolute Gasteiger partial charge is 0.303 e. The highest BCUT2D eigenvalue weighted by Crippen LogP contribution is 2.30. The summed E-state index contributed by atoms with van der Waals surface area (Å²) in [7, 11) is 0. The van der Waals surface area contributed by atoms with Gasteiger partial charge in [-0.3, -0.25) is 19.2 Å². The van der Waals surface area contributed by atoms with E-state index in [4.69, 9.17) is 23.7 Å². The van der Waals surface area contributed by atoms with Gasteiger partial charge < -0.3 is 23.7 Å². The van der Waals surface area contributed by atoms with Crippen LogP contribution in [0.15, 0.2) is 0 Å². The molecule has 0 saturated carbocycles. The fourth-order valence-electron chi connectivity index (χ4n) is 2.21. The molecule has 9 nitrogen and oxygen atoms in total. The van der Waals surface area contributed by atoms with Gasteiger partial charge in [0.2, 0.25) is 0 Å². The van der Waals surface area contributed by atoms with Crippen molar-refractivity contribution in [1.82, 2.24) is 0 Å². The fourth-order valence-corrected chi connectivity index (χ4v) is 2.59. The third-order valence-corrected chi connectivity index (χ3v) is 3.38. The zero-order valence-corrected chi connectivity index (χ0v) is 14.6. The van der Waals surface area contributed by atoms with Crippen molar-refractivity contribution in [3.63, 3.8) is 0 Å². The van der Waals surface area contributed by atoms with Gasteiger partial charge in [-0.2, -0.15) is 0 Å². The van der Waals surface area contributed by atoms with Crippen molar-refractivity contribution in [1.29, 1.82) is 0 Å². The van der Waals surface area contributed by atoms with E-state index in [0.717, 1.165) is 20.8 Å². The maximum atomic E-state index is 11.4. The van der Waals surface area contributed by atoms with Crippen molar-refractivity contribution in [2.75, 3.05) is 6.61 Å². The second-order valence-corrected chi connectivity index (χ2v) is 5.60. The first-order chi connectivity index (χ1) is 11.1. The Morgan fingerprint density at radius 2 is 1.25 bits per heavy atom. The highest BCUT2D eigenvalue weighted by atomic mass is 32.1. The molecule has 0 bridgehead atoms. The molecule has 1 heterocycles. The molecule has 5 atom stereocenters. The van der Waals surface area contributed by atoms with Crippen LogP contribution in [0, 0.1) is 0 Å². The summed E-state index contributed by atoms with van der Waals surface area (Å²) in [4.78, 5) is 45.1. The van der Waals surface area contributed by atoms with Gasteiger partial charge in [-0.25, -0.2) is 0 Å². The SMILES string of the molecule is CC(=O)OC[C@H]1O[C@H](S)[C@@H](OC(C)=O)[C@@H](OC(C)=O)[C@@H]1OC(C)=O. The second kappa shape index (κ2) is 8.88. The third-order valence-electron chi connectivity index (χ3n) is 2.97. The number of thiol groups is 1. The van der Waals surface area contributed by atoms with Gasteiger partial charge in [0.05, 0.1) is 0 Å². The lowest BCUT2D eigenvalue weighted by molar-refractivity contribution is -0.237. The van der Waals surface area contributed by atoms with E-state index in [1.807, 2.05) is 0 Å². The Morgan fingerprint density at radius 1 is 0.792 bits per heavy atom. The Kier molecular flexibility index (Phi) is 7.49. The van der Waals surface area contributed by atoms with Crippen LogP contribution in [-0.4, -0.2) is 60.3 Å². The quantitative estimate of drug-likeness (QED) is 0.409. The molecule has 0 aromatic rings. The van der Waals surface area contributed by atoms with E-state index in [0.29, 0.717) is 0 Å². The van der Waals surface area contributed by atoms with Gasteiger partial charge in [-0.15, -0.1) is 12.6 Å². The molecular weight excluding hydrogens is 344 g/mol. The topological polar surface area (TPSA) is 114 Å². The van der Waals surface area contributed by atoms with Crippen LogP contribution in [0.5, 0.6) is 0 Å². The minimum Gasteiger partial charge on any atom is -0.463 e. The average molecular weight is 364 g/mol. The Morgan fingerprint density at radius 3 is 1.71 bits per heavy atom. The number of carbonyl (C=O) groups excluding carboxylic acids is 4. The lowest BCUT2D eigenvalue weighted by Crippen LogP contribution is -2.61. The molecule has 0 aromatic heterocycles. The predicted octanol–water partition coefficient (Wildman–Crippen LogP) is -0.000700. The third kappa shape index (κ3) is 6.00. The van der Waals surface area contributed by atoms with Crippen LogP contribution in [-0.2, 0) is 42.9 Å². The van der Waals surface area contributed by atoms with Crippen molar-refractivity contribution in [3.05, 3.63) is 0 Å². The lowest BCUT2D eigenvalue weighted by Gasteiger charge is -2.42. The molecule has 1 rings (SSSR count). The number of ether oxygens (including phenoxy) is 5. The molecule has 1 saturated heterocycles. The molecule has 0 radical (unpaired) electrons. The molecule has 24 heavy (non-hydrogen) atoms. The normalized spacial score (nSPS) is 29.3. The summed E-state index contributed by atoms with van der Waals surface area (Å²) in [6, 6.07) is 0. The van der Waals surface area contributed by atoms with E-state index >= 15 is 0 Å². The zero-order chi connectivity index (χ0) is 18.4. The van der Waals surface area contributed by atoms with E-state index in [1.54, 1.807) is 0 Å². The summed E-state index contributed by atoms with van der Waals surface area (Å²) >= 11 is 4.18. The minimum absolute atomic E-state index is 0.255. The first-order valence-electron chi connectivity index (χ1n) is 7.10. The van der Waals surface area contributed by atoms with Gasteiger partial charge in [-0.05, 0) is 0 Å². The molecular formula is C14H20O9S. The van der Waals surface area contributed by atoms with Crippen molar-refractivity contribution in [3.8, 4) is 0 Å². The number of carbonyl (C=O) groups is 4. The minimum atomic E-state index is -1.16. The summed E-state index contributed by atoms with van der Waals surface area (Å²) in [5.74, 6) is -2.57. The van der Waals surface area contributed by atoms with Crippen LogP contribution in [0.4, 0.5) is 0 Å². The van der Waals surface area contributed by atoms with E-state index in [2.05, 4.69) is 12.6 Å². The highest BCUT2D eigenvalue weighted by molar-refractivity contribution is 7.80. The van der Waals surface area contributed by atoms with E-state index in [9.17, 15) is 19.2 Å². The molecule has 0 spiro atoms. The highest BCUT2D eigenvalue weighted by Gasteiger charge is 2.51. The molecule has 0 amide bonds. The van der Waals surface area contributed by atoms with E-state index in [1.165, 1.54) is 6.92 Å². The van der Waals surface area contributed by atoms with E-state index in [-0.39, 0.29) is 6.61 Å². The van der Waals surface area contributed by atoms with Crippen LogP contribution in [0.1, 0.15) is 27.7 Å². The molecule has 1 fully saturated rings. The van der Waals surface area contributed by atoms with Crippen molar-refractivity contribution >= 4 is 36.5 Å². The van der Waals surface area contributed by atoms with Crippen LogP contribution >= 0.6 is 12.6 Å². The van der Waals surface area contributed by atoms with Gasteiger partial charge >= 0.3 is 23.9 Å². The van der Waals surface area contributed by atoms with Crippen molar-refractivity contribution < 1.29 is 42.9 Å². The van der Waals surface area contributed by atoms with Gasteiger partial charge in [0.25, 0.3) is 0 Å². The molecule has 10 heteroatoms. The average Bonchev–Trinajstić information content (AvgIpc) is 2.42. The van der Waals surface area contributed by atoms with Crippen LogP contribution in [0.3, 0.4) is 0 Å². The molecule has 1 aliphatic rings. The van der Waals surface area contributed by atoms with Gasteiger partial charge in [-0.1, -0.05) is 0 Å². The second-order valence-electron chi connectivity index (χ2n) is 5.09. The Bertz CT molecular complexity index is 506. The van der Waals surface area contributed by atoms with Gasteiger partial charge in [0.15, 0.2) is 18.3 Å². The maximum Gasteiger partial charge on any atom is 0.303 e. The number of esters is 4. The number of hydrogen-bond donors (Lipinski definition) is 1. The molecule has 136 valence electrons. The largest absolute Gasteiger partial charge is 0.463 e. The first kappa shape index (κ1) is 20.2. The monoisotopic (exact) mass is 364 g/mol. The first-order valence-corrected chi connectivity index (χ1v) is 7.62. The summed E-state index contributed by atoms with van der Waals surface area (Å²) in [5, 5.41) is 0. The molecule has 1 aliphatic heterocycles. The number of hydrogen-bond acceptors (Lipinski definition) is 10. The lowest BCUT2D eigenvalue weighted by atomic mass is 9.99. The molecule has 0 aliphatic carbocycles. The van der Waals surface area contributed by atoms with Gasteiger partial charge in [0.1, 0.15) is 18.1 Å². The summed E-state index contributed by atoms with van der Waals surface area (Å²) in [6.45, 7) is 4.42. The predicted molar refractivity (Wildman–Crippen MR) is 80.9 cm³/mol. The molecule has 0 N–H and O–H groups in total. The van der Waals surface area contributed by atoms with Crippen LogP contribution < -0.4 is 0 Å². The Labute approximate surface area is 144 Å². The summed E-state index contributed by atoms with van der Waals surface area (Å²) < 4.78 is 25.8. The van der Waals surface area contributed by atoms with Crippen molar-refractivity contribution in [2.24, 2.45) is 0 Å². The molecule has 0 unspecified atom stereocenters. The Hall–Kier alpha value is -1.81. The van der Waals surface area contributed by atoms with Crippen LogP contribution in [0.25, 0.3) is 0 Å². The summed E-state index contributed by atoms with van der Waals surface area (Å²) in [5.41, 5.74) is -0.981. The van der Waals surface area contributed by atoms with Crippen molar-refractivity contribution in [2.45, 2.75) is 57.5 Å². The zero-order valence-electron chi connectivity index (χ0n) is 13.7. The maximum absolute atomic E-state index is 11.4. The molecule has 0 aromatic carbocycles. The van der Waals surface area contributed by atoms with Gasteiger partial charge in [0, 0.05) is 27.7 Å². The standard InChI is InChI=1S/C14H20O9S/c1-6(15)19-5-10-11(20-7(2)16)12(21-8(3)17)13(14(24)23-10)22-9(4)18/h10-14,24H,5H2,1-4H3/t10-,11-,12+,13+,14-/m1/s1. The fraction of sp³-hybridized carbons (Fsp3) is 0.714. The summed E-state index contributed by atoms with van der Waals surface area (Å²) in [6.07, 6.45) is -4.35. The van der Waals surface area contributed by atoms with Crippen LogP contribution in [0.2, 0.25) is 0 Å². The van der Waals surface area contributed by atoms with E-state index < -0.39 is 53.7 Å².